The molecule has 0 aromatic heterocycles. The molecule has 0 aliphatic rings. The summed E-state index contributed by atoms with van der Waals surface area (Å²) >= 11 is 6.01. The van der Waals surface area contributed by atoms with Gasteiger partial charge in [-0.15, -0.1) is 0 Å². The summed E-state index contributed by atoms with van der Waals surface area (Å²) in [5.41, 5.74) is 1.05. The molecule has 162 valence electrons. The molecule has 2 aromatic carbocycles. The van der Waals surface area contributed by atoms with Crippen LogP contribution in [0.4, 0.5) is 0 Å². The fourth-order valence-electron chi connectivity index (χ4n) is 2.66. The fourth-order valence-corrected chi connectivity index (χ4v) is 3.78. The van der Waals surface area contributed by atoms with E-state index in [1.807, 2.05) is 37.3 Å². The first kappa shape index (κ1) is 23.9. The summed E-state index contributed by atoms with van der Waals surface area (Å²) in [6.45, 7) is 1.38. The third-order valence-corrected chi connectivity index (χ3v) is 6.53. The molecule has 1 amide bonds. The topological polar surface area (TPSA) is 92.8 Å². The Labute approximate surface area is 182 Å². The number of aryl methyl sites for hydroxylation is 1. The normalized spacial score (nSPS) is 12.4. The first-order valence-electron chi connectivity index (χ1n) is 9.33. The van der Waals surface area contributed by atoms with Crippen molar-refractivity contribution < 1.29 is 22.7 Å². The fraction of sp³-hybridized carbons (Fsp3) is 0.333. The van der Waals surface area contributed by atoms with Gasteiger partial charge in [0.1, 0.15) is 0 Å². The molecule has 7 nitrogen and oxygen atoms in total. The highest BCUT2D eigenvalue weighted by Crippen LogP contribution is 2.22. The van der Waals surface area contributed by atoms with Crippen LogP contribution < -0.4 is 5.32 Å². The van der Waals surface area contributed by atoms with E-state index < -0.39 is 28.5 Å². The zero-order chi connectivity index (χ0) is 22.3. The number of carbonyl (C=O) groups excluding carboxylic acids is 2. The maximum absolute atomic E-state index is 12.3. The molecule has 0 saturated carbocycles. The Morgan fingerprint density at radius 3 is 2.43 bits per heavy atom. The molecule has 0 radical (unpaired) electrons. The van der Waals surface area contributed by atoms with Gasteiger partial charge in [0.25, 0.3) is 5.91 Å². The van der Waals surface area contributed by atoms with Gasteiger partial charge < -0.3 is 10.1 Å². The van der Waals surface area contributed by atoms with E-state index in [0.29, 0.717) is 0 Å². The molecule has 0 heterocycles. The van der Waals surface area contributed by atoms with Gasteiger partial charge in [-0.25, -0.2) is 17.5 Å². The minimum Gasteiger partial charge on any atom is -0.452 e. The third-order valence-electron chi connectivity index (χ3n) is 4.39. The molecule has 0 saturated heterocycles. The van der Waals surface area contributed by atoms with E-state index in [1.165, 1.54) is 31.8 Å². The number of benzene rings is 2. The van der Waals surface area contributed by atoms with Gasteiger partial charge in [0.05, 0.1) is 15.5 Å². The number of nitrogens with one attached hydrogen (secondary N) is 1. The van der Waals surface area contributed by atoms with E-state index >= 15 is 0 Å². The first-order valence-corrected chi connectivity index (χ1v) is 11.2. The summed E-state index contributed by atoms with van der Waals surface area (Å²) in [6.07, 6.45) is 1.55. The van der Waals surface area contributed by atoms with Crippen LogP contribution in [0.2, 0.25) is 5.02 Å². The first-order chi connectivity index (χ1) is 14.1. The summed E-state index contributed by atoms with van der Waals surface area (Å²) < 4.78 is 30.5. The van der Waals surface area contributed by atoms with Gasteiger partial charge in [-0.3, -0.25) is 4.79 Å². The van der Waals surface area contributed by atoms with E-state index in [9.17, 15) is 18.0 Å². The Hall–Kier alpha value is -2.42. The molecule has 0 fully saturated rings. The standard InChI is InChI=1S/C21H25ClN2O5S/c1-15(9-10-16-7-5-4-6-8-16)23-20(25)14-29-21(26)18-13-17(11-12-19(18)22)30(27,28)24(2)3/h4-8,11-13,15H,9-10,14H2,1-3H3,(H,23,25)/t15-/m0/s1. The highest BCUT2D eigenvalue weighted by Gasteiger charge is 2.22. The minimum atomic E-state index is -3.74. The second-order valence-electron chi connectivity index (χ2n) is 7.00. The summed E-state index contributed by atoms with van der Waals surface area (Å²) in [5, 5.41) is 2.81. The van der Waals surface area contributed by atoms with Gasteiger partial charge in [-0.2, -0.15) is 0 Å². The molecule has 0 unspecified atom stereocenters. The van der Waals surface area contributed by atoms with E-state index in [-0.39, 0.29) is 21.5 Å². The van der Waals surface area contributed by atoms with Crippen LogP contribution in [0, 0.1) is 0 Å². The number of sulfonamides is 1. The van der Waals surface area contributed by atoms with Gasteiger partial charge in [-0.1, -0.05) is 41.9 Å². The predicted molar refractivity (Wildman–Crippen MR) is 115 cm³/mol. The molecule has 1 atom stereocenters. The third kappa shape index (κ3) is 6.55. The average molecular weight is 453 g/mol. The van der Waals surface area contributed by atoms with Crippen molar-refractivity contribution in [1.29, 1.82) is 0 Å². The minimum absolute atomic E-state index is 0.0364. The Balaban J connectivity index is 1.91. The Morgan fingerprint density at radius 1 is 1.13 bits per heavy atom. The lowest BCUT2D eigenvalue weighted by Crippen LogP contribution is -2.36. The number of amides is 1. The Kier molecular flexibility index (Phi) is 8.40. The van der Waals surface area contributed by atoms with Crippen LogP contribution in [0.1, 0.15) is 29.3 Å². The van der Waals surface area contributed by atoms with Gasteiger partial charge in [0, 0.05) is 20.1 Å². The molecule has 0 bridgehead atoms. The Morgan fingerprint density at radius 2 is 1.80 bits per heavy atom. The quantitative estimate of drug-likeness (QED) is 0.590. The number of nitrogens with zero attached hydrogens (tertiary/aromatic N) is 1. The molecule has 0 spiro atoms. The van der Waals surface area contributed by atoms with Crippen LogP contribution in [0.3, 0.4) is 0 Å². The molecular formula is C21H25ClN2O5S. The highest BCUT2D eigenvalue weighted by atomic mass is 35.5. The summed E-state index contributed by atoms with van der Waals surface area (Å²) in [7, 11) is -0.978. The lowest BCUT2D eigenvalue weighted by atomic mass is 10.1. The van der Waals surface area contributed by atoms with Crippen molar-refractivity contribution in [3.05, 3.63) is 64.7 Å². The molecule has 1 N–H and O–H groups in total. The highest BCUT2D eigenvalue weighted by molar-refractivity contribution is 7.89. The van der Waals surface area contributed by atoms with Gasteiger partial charge in [-0.05, 0) is 43.5 Å². The van der Waals surface area contributed by atoms with Crippen LogP contribution in [0.15, 0.2) is 53.4 Å². The van der Waals surface area contributed by atoms with Crippen LogP contribution in [0.5, 0.6) is 0 Å². The van der Waals surface area contributed by atoms with Crippen molar-refractivity contribution >= 4 is 33.5 Å². The molecule has 2 rings (SSSR count). The predicted octanol–water partition coefficient (Wildman–Crippen LogP) is 2.88. The lowest BCUT2D eigenvalue weighted by Gasteiger charge is -2.15. The lowest BCUT2D eigenvalue weighted by molar-refractivity contribution is -0.124. The zero-order valence-electron chi connectivity index (χ0n) is 17.1. The van der Waals surface area contributed by atoms with Crippen LogP contribution in [-0.2, 0) is 26.0 Å². The summed E-state index contributed by atoms with van der Waals surface area (Å²) in [4.78, 5) is 24.3. The van der Waals surface area contributed by atoms with Crippen molar-refractivity contribution in [2.75, 3.05) is 20.7 Å². The van der Waals surface area contributed by atoms with E-state index in [2.05, 4.69) is 5.32 Å². The number of ether oxygens (including phenoxy) is 1. The van der Waals surface area contributed by atoms with E-state index in [1.54, 1.807) is 0 Å². The monoisotopic (exact) mass is 452 g/mol. The van der Waals surface area contributed by atoms with Gasteiger partial charge in [0.2, 0.25) is 10.0 Å². The molecule has 0 aliphatic heterocycles. The maximum atomic E-state index is 12.3. The molecule has 0 aliphatic carbocycles. The Bertz CT molecular complexity index is 994. The molecule has 30 heavy (non-hydrogen) atoms. The van der Waals surface area contributed by atoms with Crippen molar-refractivity contribution in [3.8, 4) is 0 Å². The molecular weight excluding hydrogens is 428 g/mol. The maximum Gasteiger partial charge on any atom is 0.340 e. The van der Waals surface area contributed by atoms with Crippen LogP contribution >= 0.6 is 11.6 Å². The zero-order valence-corrected chi connectivity index (χ0v) is 18.7. The SMILES string of the molecule is C[C@@H](CCc1ccccc1)NC(=O)COC(=O)c1cc(S(=O)(=O)N(C)C)ccc1Cl. The van der Waals surface area contributed by atoms with E-state index in [0.717, 1.165) is 23.2 Å². The number of esters is 1. The number of rotatable bonds is 9. The van der Waals surface area contributed by atoms with Crippen LogP contribution in [-0.4, -0.2) is 51.3 Å². The van der Waals surface area contributed by atoms with Crippen molar-refractivity contribution in [2.45, 2.75) is 30.7 Å². The summed E-state index contributed by atoms with van der Waals surface area (Å²) in [5.74, 6) is -1.32. The number of hydrogen-bond acceptors (Lipinski definition) is 5. The second-order valence-corrected chi connectivity index (χ2v) is 9.56. The van der Waals surface area contributed by atoms with Gasteiger partial charge in [0.15, 0.2) is 6.61 Å². The summed E-state index contributed by atoms with van der Waals surface area (Å²) in [6, 6.07) is 13.5. The van der Waals surface area contributed by atoms with E-state index in [4.69, 9.17) is 16.3 Å². The number of carbonyl (C=O) groups is 2. The molecule has 9 heteroatoms. The van der Waals surface area contributed by atoms with Crippen molar-refractivity contribution in [2.24, 2.45) is 0 Å². The number of halogens is 1. The van der Waals surface area contributed by atoms with Crippen molar-refractivity contribution in [1.82, 2.24) is 9.62 Å². The average Bonchev–Trinajstić information content (AvgIpc) is 2.71. The van der Waals surface area contributed by atoms with Gasteiger partial charge >= 0.3 is 5.97 Å². The largest absolute Gasteiger partial charge is 0.452 e. The number of hydrogen-bond donors (Lipinski definition) is 1. The molecule has 2 aromatic rings. The second kappa shape index (κ2) is 10.6. The smallest absolute Gasteiger partial charge is 0.340 e. The van der Waals surface area contributed by atoms with Crippen molar-refractivity contribution in [3.63, 3.8) is 0 Å². The van der Waals surface area contributed by atoms with Crippen LogP contribution in [0.25, 0.3) is 0 Å².